The SMILES string of the molecule is C=CC(=O)c1cc(Cl)ccc1C.CC. The summed E-state index contributed by atoms with van der Waals surface area (Å²) in [4.78, 5) is 11.2. The van der Waals surface area contributed by atoms with Crippen LogP contribution < -0.4 is 0 Å². The minimum Gasteiger partial charge on any atom is -0.289 e. The van der Waals surface area contributed by atoms with Crippen LogP contribution in [0.15, 0.2) is 30.9 Å². The molecule has 1 rings (SSSR count). The van der Waals surface area contributed by atoms with Crippen molar-refractivity contribution in [2.45, 2.75) is 20.8 Å². The van der Waals surface area contributed by atoms with Crippen molar-refractivity contribution in [2.75, 3.05) is 0 Å². The van der Waals surface area contributed by atoms with Crippen LogP contribution in [0.1, 0.15) is 29.8 Å². The Balaban J connectivity index is 0.000000791. The molecule has 0 bridgehead atoms. The van der Waals surface area contributed by atoms with Crippen LogP contribution in [0.3, 0.4) is 0 Å². The smallest absolute Gasteiger partial charge is 0.185 e. The van der Waals surface area contributed by atoms with E-state index in [0.29, 0.717) is 10.6 Å². The predicted molar refractivity (Wildman–Crippen MR) is 62.1 cm³/mol. The Morgan fingerprint density at radius 2 is 2.00 bits per heavy atom. The first-order chi connectivity index (χ1) is 6.65. The number of carbonyl (C=O) groups excluding carboxylic acids is 1. The summed E-state index contributed by atoms with van der Waals surface area (Å²) in [5.74, 6) is -0.0880. The average Bonchev–Trinajstić information content (AvgIpc) is 2.23. The highest BCUT2D eigenvalue weighted by Crippen LogP contribution is 2.15. The van der Waals surface area contributed by atoms with Gasteiger partial charge in [-0.15, -0.1) is 0 Å². The Kier molecular flexibility index (Phi) is 5.89. The molecule has 0 saturated carbocycles. The van der Waals surface area contributed by atoms with E-state index >= 15 is 0 Å². The first kappa shape index (κ1) is 12.9. The van der Waals surface area contributed by atoms with Gasteiger partial charge in [-0.25, -0.2) is 0 Å². The van der Waals surface area contributed by atoms with Gasteiger partial charge in [-0.3, -0.25) is 4.79 Å². The van der Waals surface area contributed by atoms with Gasteiger partial charge in [0.15, 0.2) is 5.78 Å². The Morgan fingerprint density at radius 3 is 2.50 bits per heavy atom. The molecular formula is C12H15ClO. The summed E-state index contributed by atoms with van der Waals surface area (Å²) in [5, 5.41) is 0.575. The molecule has 0 atom stereocenters. The molecule has 0 fully saturated rings. The minimum absolute atomic E-state index is 0.0880. The highest BCUT2D eigenvalue weighted by atomic mass is 35.5. The molecule has 1 aromatic carbocycles. The van der Waals surface area contributed by atoms with Gasteiger partial charge in [0.25, 0.3) is 0 Å². The van der Waals surface area contributed by atoms with E-state index in [9.17, 15) is 4.79 Å². The lowest BCUT2D eigenvalue weighted by atomic mass is 10.1. The van der Waals surface area contributed by atoms with Gasteiger partial charge in [0.1, 0.15) is 0 Å². The molecule has 0 amide bonds. The summed E-state index contributed by atoms with van der Waals surface area (Å²) in [6, 6.07) is 5.23. The Morgan fingerprint density at radius 1 is 1.43 bits per heavy atom. The fourth-order valence-corrected chi connectivity index (χ4v) is 1.14. The number of hydrogen-bond donors (Lipinski definition) is 0. The van der Waals surface area contributed by atoms with Crippen LogP contribution in [0.2, 0.25) is 5.02 Å². The molecule has 0 aromatic heterocycles. The van der Waals surface area contributed by atoms with Crippen molar-refractivity contribution in [2.24, 2.45) is 0 Å². The third kappa shape index (κ3) is 3.35. The summed E-state index contributed by atoms with van der Waals surface area (Å²) in [7, 11) is 0. The zero-order valence-corrected chi connectivity index (χ0v) is 9.56. The van der Waals surface area contributed by atoms with Crippen molar-refractivity contribution in [3.05, 3.63) is 47.0 Å². The maximum atomic E-state index is 11.2. The van der Waals surface area contributed by atoms with Gasteiger partial charge >= 0.3 is 0 Å². The molecule has 0 unspecified atom stereocenters. The Bertz CT molecular complexity index is 329. The lowest BCUT2D eigenvalue weighted by Gasteiger charge is -2.00. The lowest BCUT2D eigenvalue weighted by Crippen LogP contribution is -1.96. The fraction of sp³-hybridized carbons (Fsp3) is 0.250. The monoisotopic (exact) mass is 210 g/mol. The van der Waals surface area contributed by atoms with Crippen LogP contribution in [0.25, 0.3) is 0 Å². The van der Waals surface area contributed by atoms with Gasteiger partial charge in [0.2, 0.25) is 0 Å². The van der Waals surface area contributed by atoms with E-state index in [-0.39, 0.29) is 5.78 Å². The highest BCUT2D eigenvalue weighted by Gasteiger charge is 2.04. The molecular weight excluding hydrogens is 196 g/mol. The number of rotatable bonds is 2. The number of allylic oxidation sites excluding steroid dienone is 1. The normalized spacial score (nSPS) is 8.57. The van der Waals surface area contributed by atoms with Crippen molar-refractivity contribution >= 4 is 17.4 Å². The molecule has 0 aliphatic rings. The largest absolute Gasteiger partial charge is 0.289 e. The summed E-state index contributed by atoms with van der Waals surface area (Å²) < 4.78 is 0. The van der Waals surface area contributed by atoms with Gasteiger partial charge < -0.3 is 0 Å². The van der Waals surface area contributed by atoms with Crippen LogP contribution in [0.4, 0.5) is 0 Å². The van der Waals surface area contributed by atoms with E-state index in [2.05, 4.69) is 6.58 Å². The third-order valence-electron chi connectivity index (χ3n) is 1.65. The van der Waals surface area contributed by atoms with E-state index in [1.54, 1.807) is 12.1 Å². The van der Waals surface area contributed by atoms with Crippen LogP contribution in [0, 0.1) is 6.92 Å². The Hall–Kier alpha value is -1.08. The molecule has 1 aromatic rings. The standard InChI is InChI=1S/C10H9ClO.C2H6/c1-3-10(12)9-6-8(11)5-4-7(9)2;1-2/h3-6H,1H2,2H3;1-2H3. The summed E-state index contributed by atoms with van der Waals surface area (Å²) in [5.41, 5.74) is 1.54. The Labute approximate surface area is 90.4 Å². The maximum Gasteiger partial charge on any atom is 0.185 e. The summed E-state index contributed by atoms with van der Waals surface area (Å²) in [6.07, 6.45) is 1.29. The van der Waals surface area contributed by atoms with Crippen LogP contribution in [0.5, 0.6) is 0 Å². The van der Waals surface area contributed by atoms with Crippen molar-refractivity contribution < 1.29 is 4.79 Å². The van der Waals surface area contributed by atoms with Crippen molar-refractivity contribution in [1.82, 2.24) is 0 Å². The fourth-order valence-electron chi connectivity index (χ4n) is 0.970. The number of ketones is 1. The molecule has 1 nitrogen and oxygen atoms in total. The molecule has 76 valence electrons. The van der Waals surface area contributed by atoms with Gasteiger partial charge in [0.05, 0.1) is 0 Å². The van der Waals surface area contributed by atoms with E-state index in [0.717, 1.165) is 5.56 Å². The first-order valence-corrected chi connectivity index (χ1v) is 4.96. The van der Waals surface area contributed by atoms with Crippen LogP contribution in [-0.2, 0) is 0 Å². The highest BCUT2D eigenvalue weighted by molar-refractivity contribution is 6.31. The quantitative estimate of drug-likeness (QED) is 0.532. The van der Waals surface area contributed by atoms with Gasteiger partial charge in [0, 0.05) is 10.6 Å². The second-order valence-electron chi connectivity index (χ2n) is 2.53. The number of carbonyl (C=O) groups is 1. The van der Waals surface area contributed by atoms with Crippen LogP contribution in [-0.4, -0.2) is 5.78 Å². The molecule has 0 radical (unpaired) electrons. The second kappa shape index (κ2) is 6.39. The van der Waals surface area contributed by atoms with Gasteiger partial charge in [-0.2, -0.15) is 0 Å². The molecule has 2 heteroatoms. The number of aryl methyl sites for hydroxylation is 1. The number of benzene rings is 1. The first-order valence-electron chi connectivity index (χ1n) is 4.58. The van der Waals surface area contributed by atoms with Crippen LogP contribution >= 0.6 is 11.6 Å². The summed E-state index contributed by atoms with van der Waals surface area (Å²) >= 11 is 5.73. The van der Waals surface area contributed by atoms with Gasteiger partial charge in [-0.05, 0) is 30.7 Å². The number of hydrogen-bond acceptors (Lipinski definition) is 1. The van der Waals surface area contributed by atoms with E-state index < -0.39 is 0 Å². The molecule has 0 N–H and O–H groups in total. The zero-order chi connectivity index (χ0) is 11.1. The maximum absolute atomic E-state index is 11.2. The van der Waals surface area contributed by atoms with E-state index in [1.807, 2.05) is 26.8 Å². The van der Waals surface area contributed by atoms with Crippen molar-refractivity contribution in [1.29, 1.82) is 0 Å². The summed E-state index contributed by atoms with van der Waals surface area (Å²) in [6.45, 7) is 9.28. The second-order valence-corrected chi connectivity index (χ2v) is 2.96. The number of halogens is 1. The molecule has 0 aliphatic heterocycles. The van der Waals surface area contributed by atoms with Crippen molar-refractivity contribution in [3.8, 4) is 0 Å². The predicted octanol–water partition coefficient (Wildman–Crippen LogP) is 4.04. The lowest BCUT2D eigenvalue weighted by molar-refractivity contribution is 0.104. The topological polar surface area (TPSA) is 17.1 Å². The average molecular weight is 211 g/mol. The van der Waals surface area contributed by atoms with Gasteiger partial charge in [-0.1, -0.05) is 38.1 Å². The zero-order valence-electron chi connectivity index (χ0n) is 8.80. The van der Waals surface area contributed by atoms with E-state index in [4.69, 9.17) is 11.6 Å². The molecule has 0 saturated heterocycles. The minimum atomic E-state index is -0.0880. The molecule has 0 spiro atoms. The van der Waals surface area contributed by atoms with Crippen molar-refractivity contribution in [3.63, 3.8) is 0 Å². The third-order valence-corrected chi connectivity index (χ3v) is 1.89. The van der Waals surface area contributed by atoms with E-state index in [1.165, 1.54) is 6.08 Å². The molecule has 14 heavy (non-hydrogen) atoms. The molecule has 0 aliphatic carbocycles. The molecule has 0 heterocycles.